The van der Waals surface area contributed by atoms with Crippen molar-refractivity contribution < 1.29 is 14.7 Å². The van der Waals surface area contributed by atoms with Crippen LogP contribution in [0, 0.1) is 5.92 Å². The van der Waals surface area contributed by atoms with Crippen molar-refractivity contribution in [2.24, 2.45) is 5.92 Å². The van der Waals surface area contributed by atoms with E-state index in [9.17, 15) is 9.59 Å². The lowest BCUT2D eigenvalue weighted by Gasteiger charge is -2.36. The molecule has 6 nitrogen and oxygen atoms in total. The second-order valence-corrected chi connectivity index (χ2v) is 5.17. The zero-order valence-corrected chi connectivity index (χ0v) is 11.7. The van der Waals surface area contributed by atoms with E-state index in [0.717, 1.165) is 0 Å². The topological polar surface area (TPSA) is 73.7 Å². The highest BCUT2D eigenvalue weighted by atomic mass is 16.4. The van der Waals surface area contributed by atoms with Gasteiger partial charge in [-0.3, -0.25) is 4.79 Å². The van der Waals surface area contributed by atoms with Gasteiger partial charge in [-0.05, 0) is 12.1 Å². The number of hydrogen-bond donors (Lipinski definition) is 1. The molecule has 20 heavy (non-hydrogen) atoms. The van der Waals surface area contributed by atoms with Gasteiger partial charge in [0.15, 0.2) is 0 Å². The molecule has 108 valence electrons. The van der Waals surface area contributed by atoms with Crippen molar-refractivity contribution in [1.29, 1.82) is 0 Å². The largest absolute Gasteiger partial charge is 0.478 e. The third kappa shape index (κ3) is 3.07. The number of carboxylic acids is 1. The van der Waals surface area contributed by atoms with Crippen molar-refractivity contribution in [3.8, 4) is 0 Å². The average molecular weight is 277 g/mol. The SMILES string of the molecule is CC(C)C(=O)N1CCN(c2cc(C(=O)O)ccn2)CC1. The molecule has 1 aromatic rings. The van der Waals surface area contributed by atoms with E-state index in [0.29, 0.717) is 32.0 Å². The molecule has 1 fully saturated rings. The second kappa shape index (κ2) is 5.90. The Hall–Kier alpha value is -2.11. The van der Waals surface area contributed by atoms with Gasteiger partial charge in [-0.1, -0.05) is 13.8 Å². The van der Waals surface area contributed by atoms with Crippen LogP contribution in [0.25, 0.3) is 0 Å². The normalized spacial score (nSPS) is 15.6. The van der Waals surface area contributed by atoms with E-state index in [-0.39, 0.29) is 17.4 Å². The maximum Gasteiger partial charge on any atom is 0.335 e. The van der Waals surface area contributed by atoms with Crippen LogP contribution in [-0.4, -0.2) is 53.0 Å². The van der Waals surface area contributed by atoms with Crippen molar-refractivity contribution in [3.05, 3.63) is 23.9 Å². The predicted octanol–water partition coefficient (Wildman–Crippen LogP) is 1.08. The molecule has 1 amide bonds. The van der Waals surface area contributed by atoms with Crippen LogP contribution in [0.4, 0.5) is 5.82 Å². The minimum atomic E-state index is -0.956. The lowest BCUT2D eigenvalue weighted by Crippen LogP contribution is -2.50. The quantitative estimate of drug-likeness (QED) is 0.895. The molecule has 0 aliphatic carbocycles. The van der Waals surface area contributed by atoms with Crippen LogP contribution >= 0.6 is 0 Å². The zero-order valence-electron chi connectivity index (χ0n) is 11.7. The number of anilines is 1. The molecule has 2 rings (SSSR count). The van der Waals surface area contributed by atoms with E-state index in [1.165, 1.54) is 12.3 Å². The maximum atomic E-state index is 11.9. The van der Waals surface area contributed by atoms with Gasteiger partial charge in [-0.25, -0.2) is 9.78 Å². The summed E-state index contributed by atoms with van der Waals surface area (Å²) in [4.78, 5) is 30.9. The molecule has 1 aromatic heterocycles. The molecule has 0 radical (unpaired) electrons. The molecule has 6 heteroatoms. The van der Waals surface area contributed by atoms with Gasteiger partial charge in [0.25, 0.3) is 0 Å². The van der Waals surface area contributed by atoms with Crippen LogP contribution < -0.4 is 4.90 Å². The molecule has 0 unspecified atom stereocenters. The second-order valence-electron chi connectivity index (χ2n) is 5.17. The van der Waals surface area contributed by atoms with Gasteiger partial charge in [0.1, 0.15) is 5.82 Å². The van der Waals surface area contributed by atoms with Gasteiger partial charge in [-0.2, -0.15) is 0 Å². The molecule has 1 aliphatic heterocycles. The van der Waals surface area contributed by atoms with Gasteiger partial charge in [0, 0.05) is 38.3 Å². The fourth-order valence-electron chi connectivity index (χ4n) is 2.25. The molecule has 1 aliphatic rings. The lowest BCUT2D eigenvalue weighted by atomic mass is 10.1. The Morgan fingerprint density at radius 3 is 2.45 bits per heavy atom. The Balaban J connectivity index is 2.02. The zero-order chi connectivity index (χ0) is 14.7. The maximum absolute atomic E-state index is 11.9. The summed E-state index contributed by atoms with van der Waals surface area (Å²) in [6, 6.07) is 3.05. The Morgan fingerprint density at radius 2 is 1.90 bits per heavy atom. The molecular formula is C14H19N3O3. The van der Waals surface area contributed by atoms with E-state index in [4.69, 9.17) is 5.11 Å². The first-order valence-electron chi connectivity index (χ1n) is 6.72. The Labute approximate surface area is 118 Å². The smallest absolute Gasteiger partial charge is 0.335 e. The van der Waals surface area contributed by atoms with Gasteiger partial charge < -0.3 is 14.9 Å². The standard InChI is InChI=1S/C14H19N3O3/c1-10(2)13(18)17-7-5-16(6-8-17)12-9-11(14(19)20)3-4-15-12/h3-4,9-10H,5-8H2,1-2H3,(H,19,20). The summed E-state index contributed by atoms with van der Waals surface area (Å²) < 4.78 is 0. The van der Waals surface area contributed by atoms with Crippen molar-refractivity contribution in [1.82, 2.24) is 9.88 Å². The molecule has 2 heterocycles. The monoisotopic (exact) mass is 277 g/mol. The van der Waals surface area contributed by atoms with E-state index in [1.807, 2.05) is 23.6 Å². The van der Waals surface area contributed by atoms with E-state index in [2.05, 4.69) is 4.98 Å². The molecule has 0 saturated carbocycles. The van der Waals surface area contributed by atoms with Crippen LogP contribution in [0.3, 0.4) is 0 Å². The predicted molar refractivity (Wildman–Crippen MR) is 74.8 cm³/mol. The Morgan fingerprint density at radius 1 is 1.25 bits per heavy atom. The van der Waals surface area contributed by atoms with Crippen LogP contribution in [0.15, 0.2) is 18.3 Å². The highest BCUT2D eigenvalue weighted by Gasteiger charge is 2.23. The number of carbonyl (C=O) groups excluding carboxylic acids is 1. The number of amides is 1. The highest BCUT2D eigenvalue weighted by molar-refractivity contribution is 5.88. The molecule has 1 saturated heterocycles. The van der Waals surface area contributed by atoms with Crippen LogP contribution in [-0.2, 0) is 4.79 Å². The third-order valence-corrected chi connectivity index (χ3v) is 3.40. The molecule has 0 spiro atoms. The first kappa shape index (κ1) is 14.3. The fourth-order valence-corrected chi connectivity index (χ4v) is 2.25. The first-order valence-corrected chi connectivity index (χ1v) is 6.72. The summed E-state index contributed by atoms with van der Waals surface area (Å²) in [7, 11) is 0. The van der Waals surface area contributed by atoms with Gasteiger partial charge in [-0.15, -0.1) is 0 Å². The summed E-state index contributed by atoms with van der Waals surface area (Å²) in [6.45, 7) is 6.44. The number of piperazine rings is 1. The van der Waals surface area contributed by atoms with E-state index in [1.54, 1.807) is 6.07 Å². The van der Waals surface area contributed by atoms with Crippen molar-refractivity contribution in [3.63, 3.8) is 0 Å². The third-order valence-electron chi connectivity index (χ3n) is 3.40. The number of rotatable bonds is 3. The summed E-state index contributed by atoms with van der Waals surface area (Å²) in [5.41, 5.74) is 0.232. The number of hydrogen-bond acceptors (Lipinski definition) is 4. The van der Waals surface area contributed by atoms with Gasteiger partial charge in [0.2, 0.25) is 5.91 Å². The number of carbonyl (C=O) groups is 2. The van der Waals surface area contributed by atoms with Crippen molar-refractivity contribution in [2.75, 3.05) is 31.1 Å². The highest BCUT2D eigenvalue weighted by Crippen LogP contribution is 2.16. The summed E-state index contributed by atoms with van der Waals surface area (Å²) in [5.74, 6) is -0.129. The fraction of sp³-hybridized carbons (Fsp3) is 0.500. The molecule has 0 atom stereocenters. The van der Waals surface area contributed by atoms with Crippen LogP contribution in [0.2, 0.25) is 0 Å². The number of carboxylic acid groups (broad SMARTS) is 1. The molecule has 0 bridgehead atoms. The van der Waals surface area contributed by atoms with Crippen LogP contribution in [0.5, 0.6) is 0 Å². The number of pyridine rings is 1. The minimum Gasteiger partial charge on any atom is -0.478 e. The Kier molecular flexibility index (Phi) is 4.22. The Bertz CT molecular complexity index is 508. The van der Waals surface area contributed by atoms with E-state index < -0.39 is 5.97 Å². The molecular weight excluding hydrogens is 258 g/mol. The number of aromatic nitrogens is 1. The van der Waals surface area contributed by atoms with Crippen molar-refractivity contribution in [2.45, 2.75) is 13.8 Å². The summed E-state index contributed by atoms with van der Waals surface area (Å²) >= 11 is 0. The first-order chi connectivity index (χ1) is 9.49. The minimum absolute atomic E-state index is 0.00927. The summed E-state index contributed by atoms with van der Waals surface area (Å²) in [6.07, 6.45) is 1.50. The lowest BCUT2D eigenvalue weighted by molar-refractivity contribution is -0.134. The average Bonchev–Trinajstić information content (AvgIpc) is 2.46. The number of aromatic carboxylic acids is 1. The van der Waals surface area contributed by atoms with Gasteiger partial charge >= 0.3 is 5.97 Å². The molecule has 1 N–H and O–H groups in total. The van der Waals surface area contributed by atoms with Gasteiger partial charge in [0.05, 0.1) is 5.56 Å². The van der Waals surface area contributed by atoms with Crippen LogP contribution in [0.1, 0.15) is 24.2 Å². The number of nitrogens with zero attached hydrogens (tertiary/aromatic N) is 3. The summed E-state index contributed by atoms with van der Waals surface area (Å²) in [5, 5.41) is 8.98. The van der Waals surface area contributed by atoms with E-state index >= 15 is 0 Å². The molecule has 0 aromatic carbocycles. The van der Waals surface area contributed by atoms with Crippen molar-refractivity contribution >= 4 is 17.7 Å².